The highest BCUT2D eigenvalue weighted by atomic mass is 32.1. The summed E-state index contributed by atoms with van der Waals surface area (Å²) in [7, 11) is 0. The second kappa shape index (κ2) is 14.1. The van der Waals surface area contributed by atoms with Gasteiger partial charge in [-0.3, -0.25) is 0 Å². The molecule has 274 valence electrons. The van der Waals surface area contributed by atoms with E-state index in [1.807, 2.05) is 11.3 Å². The van der Waals surface area contributed by atoms with Crippen LogP contribution in [0, 0.1) is 0 Å². The first-order valence-electron chi connectivity index (χ1n) is 19.9. The molecule has 11 rings (SSSR count). The molecule has 0 saturated carbocycles. The zero-order valence-electron chi connectivity index (χ0n) is 31.7. The molecule has 58 heavy (non-hydrogen) atoms. The van der Waals surface area contributed by atoms with E-state index in [0.29, 0.717) is 0 Å². The third-order valence-corrected chi connectivity index (χ3v) is 12.8. The molecule has 3 heteroatoms. The number of fused-ring (bicyclic) bond motifs is 6. The summed E-state index contributed by atoms with van der Waals surface area (Å²) >= 11 is 1.86. The molecule has 1 heterocycles. The normalized spacial score (nSPS) is 12.6. The fourth-order valence-electron chi connectivity index (χ4n) is 9.32. The maximum Gasteiger partial charge on any atom is 0.0714 e. The van der Waals surface area contributed by atoms with Gasteiger partial charge in [-0.1, -0.05) is 158 Å². The van der Waals surface area contributed by atoms with Crippen LogP contribution in [0.1, 0.15) is 22.3 Å². The van der Waals surface area contributed by atoms with Crippen LogP contribution in [0.5, 0.6) is 0 Å². The molecular formula is C55H38N2S. The topological polar surface area (TPSA) is 6.48 Å². The fraction of sp³-hybridized carbons (Fsp3) is 0.0182. The van der Waals surface area contributed by atoms with E-state index in [4.69, 9.17) is 0 Å². The third-order valence-electron chi connectivity index (χ3n) is 11.7. The predicted molar refractivity (Wildman–Crippen MR) is 246 cm³/mol. The molecule has 1 aromatic heterocycles. The largest absolute Gasteiger partial charge is 0.310 e. The van der Waals surface area contributed by atoms with Crippen molar-refractivity contribution in [1.29, 1.82) is 0 Å². The second-order valence-corrected chi connectivity index (χ2v) is 16.0. The Morgan fingerprint density at radius 1 is 0.328 bits per heavy atom. The van der Waals surface area contributed by atoms with Crippen LogP contribution < -0.4 is 9.80 Å². The van der Waals surface area contributed by atoms with Gasteiger partial charge in [0.2, 0.25) is 0 Å². The molecule has 1 aliphatic carbocycles. The highest BCUT2D eigenvalue weighted by Crippen LogP contribution is 2.56. The maximum absolute atomic E-state index is 2.42. The molecule has 0 unspecified atom stereocenters. The number of benzene rings is 9. The minimum Gasteiger partial charge on any atom is -0.310 e. The summed E-state index contributed by atoms with van der Waals surface area (Å²) in [4.78, 5) is 4.80. The number of nitrogens with zero attached hydrogens (tertiary/aromatic N) is 2. The SMILES string of the molecule is c1ccc(N(c2cccc(C3(c4ccccc4)c4ccccc4-c4ccccc43)c2)c2ccc3c(c2)sc2cccc(N(c4ccccc4)c4ccccc4)c23)cc1. The molecule has 0 N–H and O–H groups in total. The minimum atomic E-state index is -0.484. The van der Waals surface area contributed by atoms with E-state index in [2.05, 4.69) is 240 Å². The van der Waals surface area contributed by atoms with Gasteiger partial charge in [0.15, 0.2) is 0 Å². The third kappa shape index (κ3) is 5.39. The van der Waals surface area contributed by atoms with Gasteiger partial charge < -0.3 is 9.80 Å². The highest BCUT2D eigenvalue weighted by molar-refractivity contribution is 7.26. The zero-order valence-corrected chi connectivity index (χ0v) is 32.6. The summed E-state index contributed by atoms with van der Waals surface area (Å²) in [5.74, 6) is 0. The lowest BCUT2D eigenvalue weighted by atomic mass is 9.67. The number of anilines is 6. The molecule has 0 fully saturated rings. The van der Waals surface area contributed by atoms with Gasteiger partial charge in [-0.15, -0.1) is 11.3 Å². The van der Waals surface area contributed by atoms with Crippen molar-refractivity contribution in [3.05, 3.63) is 253 Å². The Morgan fingerprint density at radius 2 is 0.810 bits per heavy atom. The smallest absolute Gasteiger partial charge is 0.0714 e. The molecule has 0 bridgehead atoms. The van der Waals surface area contributed by atoms with Gasteiger partial charge >= 0.3 is 0 Å². The molecule has 10 aromatic rings. The van der Waals surface area contributed by atoms with E-state index in [1.165, 1.54) is 59.2 Å². The Bertz CT molecular complexity index is 2980. The van der Waals surface area contributed by atoms with Gasteiger partial charge in [0.05, 0.1) is 11.1 Å². The van der Waals surface area contributed by atoms with Gasteiger partial charge in [0.1, 0.15) is 0 Å². The summed E-state index contributed by atoms with van der Waals surface area (Å²) in [5.41, 5.74) is 14.0. The number of para-hydroxylation sites is 3. The van der Waals surface area contributed by atoms with Crippen LogP contribution in [0.2, 0.25) is 0 Å². The van der Waals surface area contributed by atoms with Gasteiger partial charge in [-0.05, 0) is 106 Å². The average Bonchev–Trinajstić information content (AvgIpc) is 3.82. The Morgan fingerprint density at radius 3 is 1.43 bits per heavy atom. The second-order valence-electron chi connectivity index (χ2n) is 14.9. The standard InChI is InChI=1S/C55H38N2S/c1-5-19-39(20-6-1)55(49-31-15-13-29-46(49)47-30-14-16-32-50(47)55)40-21-17-28-44(37-40)56(41-22-7-2-8-23-41)45-35-36-48-53(38-45)58-52-34-18-33-51(54(48)52)57(42-24-9-3-10-25-42)43-26-11-4-12-27-43/h1-38H. The van der Waals surface area contributed by atoms with Gasteiger partial charge in [0, 0.05) is 48.6 Å². The van der Waals surface area contributed by atoms with E-state index in [1.54, 1.807) is 0 Å². The number of hydrogen-bond acceptors (Lipinski definition) is 3. The molecule has 9 aromatic carbocycles. The van der Waals surface area contributed by atoms with Gasteiger partial charge in [-0.2, -0.15) is 0 Å². The van der Waals surface area contributed by atoms with Crippen molar-refractivity contribution in [3.63, 3.8) is 0 Å². The zero-order chi connectivity index (χ0) is 38.5. The van der Waals surface area contributed by atoms with E-state index in [9.17, 15) is 0 Å². The van der Waals surface area contributed by atoms with Crippen LogP contribution in [0.15, 0.2) is 231 Å². The van der Waals surface area contributed by atoms with Crippen LogP contribution >= 0.6 is 11.3 Å². The number of hydrogen-bond donors (Lipinski definition) is 0. The van der Waals surface area contributed by atoms with E-state index in [-0.39, 0.29) is 0 Å². The van der Waals surface area contributed by atoms with Crippen LogP contribution in [0.4, 0.5) is 34.1 Å². The van der Waals surface area contributed by atoms with Crippen molar-refractivity contribution in [1.82, 2.24) is 0 Å². The average molecular weight is 759 g/mol. The van der Waals surface area contributed by atoms with Crippen molar-refractivity contribution in [2.45, 2.75) is 5.41 Å². The first-order valence-corrected chi connectivity index (χ1v) is 20.7. The van der Waals surface area contributed by atoms with Crippen LogP contribution in [-0.4, -0.2) is 0 Å². The summed E-state index contributed by atoms with van der Waals surface area (Å²) in [5, 5.41) is 2.51. The van der Waals surface area contributed by atoms with Crippen LogP contribution in [-0.2, 0) is 5.41 Å². The Labute approximate surface area is 343 Å². The van der Waals surface area contributed by atoms with Gasteiger partial charge in [0.25, 0.3) is 0 Å². The molecule has 1 aliphatic rings. The van der Waals surface area contributed by atoms with Crippen molar-refractivity contribution in [2.75, 3.05) is 9.80 Å². The molecule has 0 atom stereocenters. The van der Waals surface area contributed by atoms with Crippen molar-refractivity contribution in [2.24, 2.45) is 0 Å². The molecule has 2 nitrogen and oxygen atoms in total. The lowest BCUT2D eigenvalue weighted by Crippen LogP contribution is -2.28. The van der Waals surface area contributed by atoms with Crippen LogP contribution in [0.3, 0.4) is 0 Å². The maximum atomic E-state index is 2.42. The molecule has 0 amide bonds. The van der Waals surface area contributed by atoms with Crippen molar-refractivity contribution < 1.29 is 0 Å². The lowest BCUT2D eigenvalue weighted by Gasteiger charge is -2.35. The summed E-state index contributed by atoms with van der Waals surface area (Å²) in [6.45, 7) is 0. The molecule has 0 spiro atoms. The Hall–Kier alpha value is -7.20. The minimum absolute atomic E-state index is 0.484. The highest BCUT2D eigenvalue weighted by Gasteiger charge is 2.46. The first kappa shape index (κ1) is 34.1. The number of thiophene rings is 1. The van der Waals surface area contributed by atoms with Crippen molar-refractivity contribution in [3.8, 4) is 11.1 Å². The lowest BCUT2D eigenvalue weighted by molar-refractivity contribution is 0.768. The van der Waals surface area contributed by atoms with Crippen LogP contribution in [0.25, 0.3) is 31.3 Å². The molecule has 0 aliphatic heterocycles. The first-order chi connectivity index (χ1) is 28.8. The Kier molecular flexibility index (Phi) is 8.27. The quantitative estimate of drug-likeness (QED) is 0.152. The van der Waals surface area contributed by atoms with E-state index in [0.717, 1.165) is 28.4 Å². The van der Waals surface area contributed by atoms with Crippen molar-refractivity contribution >= 4 is 65.6 Å². The molecule has 0 radical (unpaired) electrons. The van der Waals surface area contributed by atoms with Gasteiger partial charge in [-0.25, -0.2) is 0 Å². The van der Waals surface area contributed by atoms with E-state index < -0.39 is 5.41 Å². The molecule has 0 saturated heterocycles. The molecular weight excluding hydrogens is 721 g/mol. The number of rotatable bonds is 8. The van der Waals surface area contributed by atoms with E-state index >= 15 is 0 Å². The summed E-state index contributed by atoms with van der Waals surface area (Å²) in [6, 6.07) is 84.1. The summed E-state index contributed by atoms with van der Waals surface area (Å²) < 4.78 is 2.51. The summed E-state index contributed by atoms with van der Waals surface area (Å²) in [6.07, 6.45) is 0. The monoisotopic (exact) mass is 758 g/mol. The predicted octanol–water partition coefficient (Wildman–Crippen LogP) is 15.4. The fourth-order valence-corrected chi connectivity index (χ4v) is 10.5. The Balaban J connectivity index is 1.10.